The molecule has 2 aromatic rings. The van der Waals surface area contributed by atoms with Crippen LogP contribution in [0.4, 0.5) is 0 Å². The average Bonchev–Trinajstić information content (AvgIpc) is 2.49. The lowest BCUT2D eigenvalue weighted by Crippen LogP contribution is -2.19. The quantitative estimate of drug-likeness (QED) is 0.877. The Morgan fingerprint density at radius 1 is 1.14 bits per heavy atom. The molecule has 1 N–H and O–H groups in total. The number of hydrogen-bond donors (Lipinski definition) is 1. The van der Waals surface area contributed by atoms with Gasteiger partial charge >= 0.3 is 0 Å². The molecule has 0 aliphatic carbocycles. The molecule has 0 bridgehead atoms. The van der Waals surface area contributed by atoms with Crippen molar-refractivity contribution in [1.29, 1.82) is 0 Å². The van der Waals surface area contributed by atoms with Gasteiger partial charge in [0.05, 0.1) is 12.1 Å². The van der Waals surface area contributed by atoms with Gasteiger partial charge in [-0.05, 0) is 62.2 Å². The lowest BCUT2D eigenvalue weighted by Gasteiger charge is -2.20. The Labute approximate surface area is 127 Å². The van der Waals surface area contributed by atoms with E-state index in [-0.39, 0.29) is 12.1 Å². The van der Waals surface area contributed by atoms with Gasteiger partial charge in [0.15, 0.2) is 0 Å². The first-order chi connectivity index (χ1) is 10.2. The van der Waals surface area contributed by atoms with Gasteiger partial charge in [-0.1, -0.05) is 19.1 Å². The van der Waals surface area contributed by atoms with E-state index < -0.39 is 0 Å². The fourth-order valence-corrected chi connectivity index (χ4v) is 2.53. The summed E-state index contributed by atoms with van der Waals surface area (Å²) in [5, 5.41) is 3.40. The molecule has 1 unspecified atom stereocenters. The topological polar surface area (TPSA) is 34.2 Å². The lowest BCUT2D eigenvalue weighted by atomic mass is 9.95. The Hall–Kier alpha value is -1.87. The maximum Gasteiger partial charge on any atom is 0.119 e. The molecule has 3 heteroatoms. The van der Waals surface area contributed by atoms with Gasteiger partial charge < -0.3 is 10.1 Å². The van der Waals surface area contributed by atoms with Crippen molar-refractivity contribution in [1.82, 2.24) is 10.3 Å². The minimum atomic E-state index is 0.177. The number of aromatic nitrogens is 1. The first kappa shape index (κ1) is 15.5. The molecule has 0 spiro atoms. The molecular formula is C18H24N2O. The number of rotatable bonds is 6. The lowest BCUT2D eigenvalue weighted by molar-refractivity contribution is 0.242. The number of nitrogens with one attached hydrogen (secondary N) is 1. The zero-order valence-corrected chi connectivity index (χ0v) is 13.3. The van der Waals surface area contributed by atoms with Gasteiger partial charge in [0, 0.05) is 12.4 Å². The Bertz CT molecular complexity index is 564. The zero-order chi connectivity index (χ0) is 15.2. The van der Waals surface area contributed by atoms with Crippen LogP contribution in [0.3, 0.4) is 0 Å². The van der Waals surface area contributed by atoms with Crippen LogP contribution < -0.4 is 10.1 Å². The minimum Gasteiger partial charge on any atom is -0.491 e. The molecule has 0 radical (unpaired) electrons. The van der Waals surface area contributed by atoms with E-state index in [0.29, 0.717) is 0 Å². The smallest absolute Gasteiger partial charge is 0.119 e. The molecule has 0 aliphatic heterocycles. The van der Waals surface area contributed by atoms with Crippen molar-refractivity contribution in [2.75, 3.05) is 7.05 Å². The highest BCUT2D eigenvalue weighted by Gasteiger charge is 2.15. The maximum atomic E-state index is 5.70. The highest BCUT2D eigenvalue weighted by Crippen LogP contribution is 2.26. The van der Waals surface area contributed by atoms with E-state index in [1.54, 1.807) is 0 Å². The predicted octanol–water partition coefficient (Wildman–Crippen LogP) is 3.74. The van der Waals surface area contributed by atoms with Crippen LogP contribution in [0, 0.1) is 0 Å². The number of benzene rings is 1. The third kappa shape index (κ3) is 3.82. The molecule has 0 saturated heterocycles. The number of nitrogens with zero attached hydrogens (tertiary/aromatic N) is 1. The van der Waals surface area contributed by atoms with Crippen LogP contribution in [0.5, 0.6) is 5.75 Å². The second-order valence-corrected chi connectivity index (χ2v) is 5.39. The van der Waals surface area contributed by atoms with E-state index in [1.165, 1.54) is 16.7 Å². The molecule has 0 saturated carbocycles. The van der Waals surface area contributed by atoms with Crippen molar-refractivity contribution in [3.63, 3.8) is 0 Å². The van der Waals surface area contributed by atoms with Crippen LogP contribution in [0.25, 0.3) is 0 Å². The number of ether oxygens (including phenoxy) is 1. The van der Waals surface area contributed by atoms with E-state index in [2.05, 4.69) is 35.4 Å². The van der Waals surface area contributed by atoms with Gasteiger partial charge in [-0.25, -0.2) is 0 Å². The molecule has 1 heterocycles. The molecule has 21 heavy (non-hydrogen) atoms. The van der Waals surface area contributed by atoms with Crippen molar-refractivity contribution in [2.24, 2.45) is 0 Å². The van der Waals surface area contributed by atoms with Gasteiger partial charge in [0.1, 0.15) is 5.75 Å². The fraction of sp³-hybridized carbons (Fsp3) is 0.389. The summed E-state index contributed by atoms with van der Waals surface area (Å²) in [7, 11) is 1.99. The Kier molecular flexibility index (Phi) is 5.34. The highest BCUT2D eigenvalue weighted by molar-refractivity contribution is 5.38. The van der Waals surface area contributed by atoms with Crippen molar-refractivity contribution < 1.29 is 4.74 Å². The average molecular weight is 284 g/mol. The first-order valence-electron chi connectivity index (χ1n) is 7.52. The second kappa shape index (κ2) is 7.23. The summed E-state index contributed by atoms with van der Waals surface area (Å²) < 4.78 is 5.70. The van der Waals surface area contributed by atoms with Gasteiger partial charge in [-0.2, -0.15) is 0 Å². The largest absolute Gasteiger partial charge is 0.491 e. The van der Waals surface area contributed by atoms with E-state index in [0.717, 1.165) is 12.2 Å². The molecule has 3 nitrogen and oxygen atoms in total. The van der Waals surface area contributed by atoms with Crippen molar-refractivity contribution in [3.05, 3.63) is 59.4 Å². The standard InChI is InChI=1S/C18H24N2O/c1-5-14-12-20-11-10-17(14)18(19-4)15-6-8-16(9-7-15)21-13(2)3/h6-13,18-19H,5H2,1-4H3. The van der Waals surface area contributed by atoms with E-state index in [9.17, 15) is 0 Å². The molecule has 0 aliphatic rings. The van der Waals surface area contributed by atoms with E-state index >= 15 is 0 Å². The molecular weight excluding hydrogens is 260 g/mol. The van der Waals surface area contributed by atoms with Gasteiger partial charge in [-0.3, -0.25) is 4.98 Å². The normalized spacial score (nSPS) is 12.4. The molecule has 112 valence electrons. The van der Waals surface area contributed by atoms with Crippen LogP contribution in [-0.2, 0) is 6.42 Å². The van der Waals surface area contributed by atoms with Gasteiger partial charge in [-0.15, -0.1) is 0 Å². The van der Waals surface area contributed by atoms with Crippen LogP contribution >= 0.6 is 0 Å². The summed E-state index contributed by atoms with van der Waals surface area (Å²) in [6.07, 6.45) is 4.99. The molecule has 0 fully saturated rings. The molecule has 0 amide bonds. The van der Waals surface area contributed by atoms with E-state index in [1.807, 2.05) is 45.4 Å². The zero-order valence-electron chi connectivity index (χ0n) is 13.3. The van der Waals surface area contributed by atoms with Gasteiger partial charge in [0.25, 0.3) is 0 Å². The minimum absolute atomic E-state index is 0.177. The van der Waals surface area contributed by atoms with E-state index in [4.69, 9.17) is 4.74 Å². The Morgan fingerprint density at radius 2 is 1.86 bits per heavy atom. The predicted molar refractivity (Wildman–Crippen MR) is 86.7 cm³/mol. The summed E-state index contributed by atoms with van der Waals surface area (Å²) in [5.74, 6) is 0.911. The highest BCUT2D eigenvalue weighted by atomic mass is 16.5. The molecule has 1 aromatic heterocycles. The third-order valence-electron chi connectivity index (χ3n) is 3.51. The molecule has 2 rings (SSSR count). The van der Waals surface area contributed by atoms with Crippen LogP contribution in [0.15, 0.2) is 42.7 Å². The summed E-state index contributed by atoms with van der Waals surface area (Å²) in [6.45, 7) is 6.23. The number of aryl methyl sites for hydroxylation is 1. The second-order valence-electron chi connectivity index (χ2n) is 5.39. The van der Waals surface area contributed by atoms with Gasteiger partial charge in [0.2, 0.25) is 0 Å². The van der Waals surface area contributed by atoms with Crippen molar-refractivity contribution in [2.45, 2.75) is 39.3 Å². The summed E-state index contributed by atoms with van der Waals surface area (Å²) in [6, 6.07) is 10.6. The molecule has 1 atom stereocenters. The van der Waals surface area contributed by atoms with Crippen LogP contribution in [0.2, 0.25) is 0 Å². The maximum absolute atomic E-state index is 5.70. The summed E-state index contributed by atoms with van der Waals surface area (Å²) in [4.78, 5) is 4.23. The van der Waals surface area contributed by atoms with Crippen molar-refractivity contribution in [3.8, 4) is 5.75 Å². The monoisotopic (exact) mass is 284 g/mol. The number of hydrogen-bond acceptors (Lipinski definition) is 3. The SMILES string of the molecule is CCc1cnccc1C(NC)c1ccc(OC(C)C)cc1. The fourth-order valence-electron chi connectivity index (χ4n) is 2.53. The van der Waals surface area contributed by atoms with Crippen molar-refractivity contribution >= 4 is 0 Å². The van der Waals surface area contributed by atoms with Crippen LogP contribution in [0.1, 0.15) is 43.5 Å². The summed E-state index contributed by atoms with van der Waals surface area (Å²) >= 11 is 0. The first-order valence-corrected chi connectivity index (χ1v) is 7.52. The Morgan fingerprint density at radius 3 is 2.43 bits per heavy atom. The Balaban J connectivity index is 2.29. The summed E-state index contributed by atoms with van der Waals surface area (Å²) in [5.41, 5.74) is 3.79. The number of pyridine rings is 1. The third-order valence-corrected chi connectivity index (χ3v) is 3.51. The molecule has 1 aromatic carbocycles. The van der Waals surface area contributed by atoms with Crippen LogP contribution in [-0.4, -0.2) is 18.1 Å².